The average molecular weight is 1500 g/mol. The molecule has 502 valence electrons. The summed E-state index contributed by atoms with van der Waals surface area (Å²) in [7, 11) is 0. The first-order valence-electron chi connectivity index (χ1n) is 44.6. The van der Waals surface area contributed by atoms with Gasteiger partial charge in [-0.3, -0.25) is 0 Å². The second-order valence-electron chi connectivity index (χ2n) is 29.8. The van der Waals surface area contributed by atoms with Crippen molar-refractivity contribution in [2.45, 2.75) is 78.6 Å². The summed E-state index contributed by atoms with van der Waals surface area (Å²) in [5, 5.41) is 10.4. The van der Waals surface area contributed by atoms with Crippen molar-refractivity contribution in [3.05, 3.63) is 312 Å². The van der Waals surface area contributed by atoms with Crippen LogP contribution in [0.4, 0.5) is 39.8 Å². The summed E-state index contributed by atoms with van der Waals surface area (Å²) in [6.45, 7) is 25.5. The van der Waals surface area contributed by atoms with Crippen molar-refractivity contribution in [1.29, 1.82) is 5.26 Å². The Kier molecular flexibility index (Phi) is 10.6. The van der Waals surface area contributed by atoms with Gasteiger partial charge in [-0.2, -0.15) is 0 Å². The molecule has 0 radical (unpaired) electrons. The van der Waals surface area contributed by atoms with Gasteiger partial charge in [0.05, 0.1) is 0 Å². The summed E-state index contributed by atoms with van der Waals surface area (Å²) in [5.41, 5.74) is 5.51. The van der Waals surface area contributed by atoms with Crippen LogP contribution in [0.1, 0.15) is 112 Å². The molecule has 0 unspecified atom stereocenters. The fraction of sp³-hybridized carbons (Fsp3) is 0.125. The summed E-state index contributed by atoms with van der Waals surface area (Å²) in [6, 6.07) is 42.2. The van der Waals surface area contributed by atoms with E-state index in [9.17, 15) is 29.9 Å². The van der Waals surface area contributed by atoms with Crippen LogP contribution in [0.15, 0.2) is 279 Å². The van der Waals surface area contributed by atoms with Crippen molar-refractivity contribution in [2.75, 3.05) is 9.80 Å². The van der Waals surface area contributed by atoms with E-state index in [4.69, 9.17) is 9.31 Å². The molecule has 0 amide bonds. The van der Waals surface area contributed by atoms with Crippen molar-refractivity contribution in [3.63, 3.8) is 0 Å². The molecule has 0 saturated heterocycles. The minimum atomic E-state index is -1.58. The zero-order valence-electron chi connectivity index (χ0n) is 78.6. The molecule has 6 heterocycles. The molecule has 0 spiro atoms. The number of para-hydroxylation sites is 2. The van der Waals surface area contributed by atoms with Crippen LogP contribution in [0.5, 0.6) is 0 Å². The van der Waals surface area contributed by atoms with Gasteiger partial charge in [0, 0.05) is 0 Å². The first kappa shape index (κ1) is 46.4. The number of anilines is 6. The van der Waals surface area contributed by atoms with Crippen LogP contribution in [-0.2, 0) is 16.2 Å². The van der Waals surface area contributed by atoms with Crippen molar-refractivity contribution in [1.82, 2.24) is 9.13 Å². The van der Waals surface area contributed by atoms with Crippen molar-refractivity contribution in [3.8, 4) is 62.0 Å². The third-order valence-electron chi connectivity index (χ3n) is 20.4. The summed E-state index contributed by atoms with van der Waals surface area (Å²) in [5.74, 6) is 0. The topological polar surface area (TPSA) is 44.5 Å². The summed E-state index contributed by atoms with van der Waals surface area (Å²) >= 11 is -2.47. The molecule has 0 atom stereocenters. The van der Waals surface area contributed by atoms with Gasteiger partial charge in [-0.05, 0) is 0 Å². The van der Waals surface area contributed by atoms with Gasteiger partial charge in [0.2, 0.25) is 0 Å². The SMILES string of the molecule is [2H]c1c([2H])c(-n2c3[se]c4c([2H])c([2H])c(C#N)c([2H])c4c3c3c([2H])c([2H])c([2H])c([2H])c32)c([2H])c2c1B1c3c(cc(C(C)(C)C)cc3N(c3c(-c4ccccc4)cc(C(C)(C)C)cc3-c3ccccc3)c3c([2H])c(-n4c5[se]c6c([2H])c([2H])c([N+]#[C-])c([2H])c6c5c5c([2H])c([2H])c([2H])c([2H])c54)c([2H])c([2H])c31)N2c1c(-c2ccccc2)cc(C(C)(C)C)cc1-c1ccccc1. The number of hydrogen-bond acceptors (Lipinski definition) is 3. The molecule has 2 aliphatic rings. The maximum atomic E-state index is 11.9. The number of hydrogen-bond donors (Lipinski definition) is 0. The molecule has 2 aliphatic heterocycles. The van der Waals surface area contributed by atoms with Gasteiger partial charge in [0.1, 0.15) is 0 Å². The molecule has 9 heteroatoms. The Morgan fingerprint density at radius 3 is 1.19 bits per heavy atom. The molecule has 19 rings (SSSR count). The normalized spacial score (nSPS) is 15.6. The standard InChI is InChI=1S/C96H73BN6Se2/c1-94(2,3)63-48-71(59-27-15-11-16-28-59)90(72(49-63)60-29-17-12-18-30-60)102-81-55-67(100-79-37-25-23-35-69(79)87-75-47-58(57-98)39-45-85(75)104-92(87)100)41-43-77(81)97-78-44-42-68(101-80-38-26-24-36-70(80)88-76-54-66(99-10)40-46-86(76)105-93(88)101)56-82(78)103(84-53-65(96(7,8)9)52-83(102)89(84)97)91-73(61-31-19-13-20-32-61)50-64(95(4,5)6)51-74(91)62-33-21-14-22-34-62/h11-56H,1-9H3/i23D,24D,25D,26D,35D,36D,37D,38D,39D,40D,41D,42D,43D,44D,45D,46D,47D,54D,55D,56D. The van der Waals surface area contributed by atoms with Crippen LogP contribution in [0.3, 0.4) is 0 Å². The van der Waals surface area contributed by atoms with Crippen LogP contribution in [0.2, 0.25) is 0 Å². The number of nitrogens with zero attached hydrogens (tertiary/aromatic N) is 6. The maximum absolute atomic E-state index is 11.9. The molecule has 4 aromatic heterocycles. The van der Waals surface area contributed by atoms with Gasteiger partial charge in [0.15, 0.2) is 0 Å². The Bertz CT molecular complexity index is 7260. The molecular weight excluding hydrogens is 1410 g/mol. The van der Waals surface area contributed by atoms with Gasteiger partial charge >= 0.3 is 657 Å². The molecule has 0 aliphatic carbocycles. The van der Waals surface area contributed by atoms with Gasteiger partial charge < -0.3 is 0 Å². The second kappa shape index (κ2) is 24.1. The van der Waals surface area contributed by atoms with E-state index < -0.39 is 178 Å². The van der Waals surface area contributed by atoms with Crippen molar-refractivity contribution in [2.24, 2.45) is 0 Å². The second-order valence-corrected chi connectivity index (χ2v) is 34.0. The van der Waals surface area contributed by atoms with Crippen LogP contribution < -0.4 is 26.2 Å². The van der Waals surface area contributed by atoms with Crippen LogP contribution in [-0.4, -0.2) is 44.9 Å². The zero-order valence-corrected chi connectivity index (χ0v) is 62.0. The summed E-state index contributed by atoms with van der Waals surface area (Å²) in [4.78, 5) is 7.49. The Morgan fingerprint density at radius 1 is 0.419 bits per heavy atom. The monoisotopic (exact) mass is 1500 g/mol. The fourth-order valence-corrected chi connectivity index (χ4v) is 20.0. The predicted octanol–water partition coefficient (Wildman–Crippen LogP) is 23.4. The van der Waals surface area contributed by atoms with E-state index in [0.717, 1.165) is 11.1 Å². The Labute approximate surface area is 653 Å². The number of benzene rings is 13. The van der Waals surface area contributed by atoms with E-state index in [-0.39, 0.29) is 100 Å². The van der Waals surface area contributed by atoms with Gasteiger partial charge in [-0.25, -0.2) is 0 Å². The first-order chi connectivity index (χ1) is 59.3. The summed E-state index contributed by atoms with van der Waals surface area (Å²) < 4.78 is 207. The molecular formula is C96H73BN6Se2. The van der Waals surface area contributed by atoms with E-state index in [1.807, 2.05) is 149 Å². The molecule has 6 nitrogen and oxygen atoms in total. The number of nitriles is 1. The third-order valence-corrected chi connectivity index (χ3v) is 25.0. The average Bonchev–Trinajstić information content (AvgIpc) is 1.54. The van der Waals surface area contributed by atoms with Crippen molar-refractivity contribution >= 4 is 153 Å². The Morgan fingerprint density at radius 2 is 0.800 bits per heavy atom. The quantitative estimate of drug-likeness (QED) is 0.112. The molecule has 0 saturated carbocycles. The number of rotatable bonds is 8. The van der Waals surface area contributed by atoms with Crippen LogP contribution >= 0.6 is 0 Å². The van der Waals surface area contributed by atoms with Crippen LogP contribution in [0, 0.1) is 17.9 Å². The fourth-order valence-electron chi connectivity index (χ4n) is 15.2. The van der Waals surface area contributed by atoms with E-state index in [1.165, 1.54) is 9.13 Å². The predicted molar refractivity (Wildman–Crippen MR) is 447 cm³/mol. The van der Waals surface area contributed by atoms with E-state index >= 15 is 0 Å². The van der Waals surface area contributed by atoms with E-state index in [1.54, 1.807) is 0 Å². The van der Waals surface area contributed by atoms with Gasteiger partial charge in [-0.1, -0.05) is 0 Å². The van der Waals surface area contributed by atoms with E-state index in [0.29, 0.717) is 78.3 Å². The van der Waals surface area contributed by atoms with Gasteiger partial charge in [-0.15, -0.1) is 0 Å². The summed E-state index contributed by atoms with van der Waals surface area (Å²) in [6.07, 6.45) is 0. The number of fused-ring (bicyclic) bond motifs is 14. The zero-order chi connectivity index (χ0) is 88.9. The van der Waals surface area contributed by atoms with E-state index in [2.05, 4.69) is 91.4 Å². The Balaban J connectivity index is 1.09. The molecule has 13 aromatic carbocycles. The molecule has 0 N–H and O–H groups in total. The number of aromatic nitrogens is 2. The first-order valence-corrected chi connectivity index (χ1v) is 38.1. The van der Waals surface area contributed by atoms with Crippen LogP contribution in [0.25, 0.3) is 121 Å². The Hall–Kier alpha value is -11.4. The van der Waals surface area contributed by atoms with Gasteiger partial charge in [0.25, 0.3) is 0 Å². The molecule has 0 fully saturated rings. The molecule has 17 aromatic rings. The van der Waals surface area contributed by atoms with Crippen molar-refractivity contribution < 1.29 is 27.4 Å². The third kappa shape index (κ3) is 10.2. The molecule has 105 heavy (non-hydrogen) atoms. The minimum absolute atomic E-state index is 0.0112. The molecule has 0 bridgehead atoms.